The van der Waals surface area contributed by atoms with Gasteiger partial charge >= 0.3 is 5.97 Å². The van der Waals surface area contributed by atoms with Crippen molar-refractivity contribution >= 4 is 5.97 Å². The molecule has 5 atom stereocenters. The van der Waals surface area contributed by atoms with Crippen LogP contribution in [0.1, 0.15) is 40.0 Å². The number of rotatable bonds is 2. The molecule has 1 saturated heterocycles. The van der Waals surface area contributed by atoms with E-state index in [0.717, 1.165) is 19.4 Å². The van der Waals surface area contributed by atoms with Crippen LogP contribution in [0.4, 0.5) is 0 Å². The first-order valence-corrected chi connectivity index (χ1v) is 6.49. The summed E-state index contributed by atoms with van der Waals surface area (Å²) < 4.78 is 0. The van der Waals surface area contributed by atoms with E-state index in [4.69, 9.17) is 5.11 Å². The number of carbonyl (C=O) groups is 1. The van der Waals surface area contributed by atoms with Gasteiger partial charge in [-0.3, -0.25) is 9.69 Å². The van der Waals surface area contributed by atoms with E-state index in [9.17, 15) is 4.79 Å². The van der Waals surface area contributed by atoms with Crippen molar-refractivity contribution in [3.63, 3.8) is 0 Å². The van der Waals surface area contributed by atoms with Crippen molar-refractivity contribution in [2.75, 3.05) is 6.54 Å². The Kier molecular flexibility index (Phi) is 3.24. The molecule has 1 heterocycles. The monoisotopic (exact) mass is 225 g/mol. The minimum Gasteiger partial charge on any atom is -0.481 e. The number of hydrogen-bond acceptors (Lipinski definition) is 2. The van der Waals surface area contributed by atoms with Crippen molar-refractivity contribution in [2.24, 2.45) is 17.8 Å². The number of carboxylic acids is 1. The van der Waals surface area contributed by atoms with Crippen molar-refractivity contribution in [1.82, 2.24) is 4.90 Å². The number of piperidine rings is 1. The fourth-order valence-electron chi connectivity index (χ4n) is 3.36. The third kappa shape index (κ3) is 1.97. The molecule has 1 aliphatic heterocycles. The first-order valence-electron chi connectivity index (χ1n) is 6.49. The van der Waals surface area contributed by atoms with E-state index in [-0.39, 0.29) is 5.92 Å². The van der Waals surface area contributed by atoms with E-state index in [2.05, 4.69) is 25.7 Å². The molecule has 16 heavy (non-hydrogen) atoms. The molecule has 0 bridgehead atoms. The predicted octanol–water partition coefficient (Wildman–Crippen LogP) is 2.22. The number of aliphatic carboxylic acids is 1. The lowest BCUT2D eigenvalue weighted by Gasteiger charge is -2.50. The van der Waals surface area contributed by atoms with Gasteiger partial charge in [-0.25, -0.2) is 0 Å². The highest BCUT2D eigenvalue weighted by atomic mass is 16.4. The van der Waals surface area contributed by atoms with Crippen LogP contribution in [0.15, 0.2) is 0 Å². The largest absolute Gasteiger partial charge is 0.481 e. The van der Waals surface area contributed by atoms with Crippen molar-refractivity contribution < 1.29 is 9.90 Å². The first kappa shape index (κ1) is 11.9. The molecular formula is C13H23NO2. The van der Waals surface area contributed by atoms with Gasteiger partial charge in [-0.15, -0.1) is 0 Å². The van der Waals surface area contributed by atoms with E-state index in [0.29, 0.717) is 23.9 Å². The summed E-state index contributed by atoms with van der Waals surface area (Å²) in [5.74, 6) is 0.689. The average molecular weight is 225 g/mol. The van der Waals surface area contributed by atoms with Gasteiger partial charge < -0.3 is 5.11 Å². The Labute approximate surface area is 97.8 Å². The van der Waals surface area contributed by atoms with Gasteiger partial charge in [0.25, 0.3) is 0 Å². The Morgan fingerprint density at radius 3 is 2.44 bits per heavy atom. The molecule has 1 saturated carbocycles. The summed E-state index contributed by atoms with van der Waals surface area (Å²) in [4.78, 5) is 13.5. The van der Waals surface area contributed by atoms with Gasteiger partial charge in [0.2, 0.25) is 0 Å². The average Bonchev–Trinajstić information content (AvgIpc) is 2.10. The van der Waals surface area contributed by atoms with Gasteiger partial charge in [-0.1, -0.05) is 13.8 Å². The van der Waals surface area contributed by atoms with Crippen molar-refractivity contribution in [1.29, 1.82) is 0 Å². The van der Waals surface area contributed by atoms with Crippen LogP contribution in [-0.2, 0) is 4.79 Å². The summed E-state index contributed by atoms with van der Waals surface area (Å²) in [6, 6.07) is 0.848. The molecule has 0 spiro atoms. The molecule has 0 amide bonds. The minimum atomic E-state index is -0.602. The van der Waals surface area contributed by atoms with Crippen LogP contribution in [0, 0.1) is 17.8 Å². The maximum absolute atomic E-state index is 11.1. The quantitative estimate of drug-likeness (QED) is 0.783. The second-order valence-electron chi connectivity index (χ2n) is 5.84. The number of nitrogens with zero attached hydrogens (tertiary/aromatic N) is 1. The summed E-state index contributed by atoms with van der Waals surface area (Å²) in [6.07, 6.45) is 3.22. The lowest BCUT2D eigenvalue weighted by molar-refractivity contribution is -0.151. The zero-order valence-corrected chi connectivity index (χ0v) is 10.5. The van der Waals surface area contributed by atoms with Gasteiger partial charge in [-0.05, 0) is 38.0 Å². The smallest absolute Gasteiger partial charge is 0.308 e. The van der Waals surface area contributed by atoms with Crippen molar-refractivity contribution in [3.05, 3.63) is 0 Å². The summed E-state index contributed by atoms with van der Waals surface area (Å²) in [7, 11) is 0. The molecule has 2 rings (SSSR count). The molecular weight excluding hydrogens is 202 g/mol. The van der Waals surface area contributed by atoms with E-state index >= 15 is 0 Å². The van der Waals surface area contributed by atoms with Crippen LogP contribution in [0.5, 0.6) is 0 Å². The molecule has 2 aliphatic rings. The van der Waals surface area contributed by atoms with Crippen LogP contribution in [-0.4, -0.2) is 34.6 Å². The van der Waals surface area contributed by atoms with E-state index in [1.807, 2.05) is 0 Å². The molecule has 0 aromatic carbocycles. The second kappa shape index (κ2) is 4.36. The lowest BCUT2D eigenvalue weighted by atomic mass is 9.75. The fourth-order valence-corrected chi connectivity index (χ4v) is 3.36. The maximum Gasteiger partial charge on any atom is 0.308 e. The van der Waals surface area contributed by atoms with Crippen molar-refractivity contribution in [3.8, 4) is 0 Å². The fraction of sp³-hybridized carbons (Fsp3) is 0.923. The lowest BCUT2D eigenvalue weighted by Crippen LogP contribution is -2.58. The Bertz CT molecular complexity index is 279. The Hall–Kier alpha value is -0.570. The standard InChI is InChI=1S/C13H23NO2/c1-8-6-9(2)10(3)14(7-8)12-5-4-11(12)13(15)16/h8-12H,4-7H2,1-3H3,(H,15,16). The zero-order chi connectivity index (χ0) is 11.9. The first-order chi connectivity index (χ1) is 7.50. The molecule has 2 fully saturated rings. The van der Waals surface area contributed by atoms with Crippen LogP contribution in [0.2, 0.25) is 0 Å². The molecule has 0 aromatic rings. The van der Waals surface area contributed by atoms with Crippen LogP contribution >= 0.6 is 0 Å². The molecule has 0 aromatic heterocycles. The van der Waals surface area contributed by atoms with Crippen LogP contribution in [0.3, 0.4) is 0 Å². The molecule has 92 valence electrons. The normalized spacial score (nSPS) is 45.1. The van der Waals surface area contributed by atoms with Gasteiger partial charge in [0.15, 0.2) is 0 Å². The maximum atomic E-state index is 11.1. The van der Waals surface area contributed by atoms with Gasteiger partial charge in [-0.2, -0.15) is 0 Å². The highest BCUT2D eigenvalue weighted by Gasteiger charge is 2.44. The molecule has 3 nitrogen and oxygen atoms in total. The second-order valence-corrected chi connectivity index (χ2v) is 5.84. The van der Waals surface area contributed by atoms with E-state index in [1.165, 1.54) is 6.42 Å². The third-order valence-electron chi connectivity index (χ3n) is 4.62. The molecule has 5 unspecified atom stereocenters. The topological polar surface area (TPSA) is 40.5 Å². The summed E-state index contributed by atoms with van der Waals surface area (Å²) in [5.41, 5.74) is 0. The highest BCUT2D eigenvalue weighted by Crippen LogP contribution is 2.38. The summed E-state index contributed by atoms with van der Waals surface area (Å²) in [6.45, 7) is 7.92. The Morgan fingerprint density at radius 1 is 1.25 bits per heavy atom. The zero-order valence-electron chi connectivity index (χ0n) is 10.5. The van der Waals surface area contributed by atoms with Crippen LogP contribution < -0.4 is 0 Å². The summed E-state index contributed by atoms with van der Waals surface area (Å²) >= 11 is 0. The van der Waals surface area contributed by atoms with Gasteiger partial charge in [0.05, 0.1) is 5.92 Å². The van der Waals surface area contributed by atoms with Crippen molar-refractivity contribution in [2.45, 2.75) is 52.1 Å². The highest BCUT2D eigenvalue weighted by molar-refractivity contribution is 5.72. The van der Waals surface area contributed by atoms with Gasteiger partial charge in [0, 0.05) is 18.6 Å². The SMILES string of the molecule is CC1CC(C)C(C)N(C2CCC2C(=O)O)C1. The molecule has 1 aliphatic carbocycles. The molecule has 0 radical (unpaired) electrons. The summed E-state index contributed by atoms with van der Waals surface area (Å²) in [5, 5.41) is 9.13. The third-order valence-corrected chi connectivity index (χ3v) is 4.62. The Morgan fingerprint density at radius 2 is 1.94 bits per heavy atom. The number of likely N-dealkylation sites (tertiary alicyclic amines) is 1. The number of hydrogen-bond donors (Lipinski definition) is 1. The molecule has 3 heteroatoms. The predicted molar refractivity (Wildman–Crippen MR) is 63.3 cm³/mol. The van der Waals surface area contributed by atoms with E-state index < -0.39 is 5.97 Å². The van der Waals surface area contributed by atoms with Crippen LogP contribution in [0.25, 0.3) is 0 Å². The Balaban J connectivity index is 2.05. The van der Waals surface area contributed by atoms with Gasteiger partial charge in [0.1, 0.15) is 0 Å². The minimum absolute atomic E-state index is 0.111. The molecule has 1 N–H and O–H groups in total. The van der Waals surface area contributed by atoms with E-state index in [1.54, 1.807) is 0 Å². The number of carboxylic acid groups (broad SMARTS) is 1.